The Balaban J connectivity index is 1.46. The number of amides is 1. The molecule has 0 spiro atoms. The second kappa shape index (κ2) is 11.4. The van der Waals surface area contributed by atoms with Gasteiger partial charge in [0.05, 0.1) is 5.01 Å². The van der Waals surface area contributed by atoms with Crippen molar-refractivity contribution in [2.75, 3.05) is 25.0 Å². The molecule has 2 aromatic carbocycles. The summed E-state index contributed by atoms with van der Waals surface area (Å²) in [4.78, 5) is 20.2. The van der Waals surface area contributed by atoms with E-state index in [2.05, 4.69) is 22.1 Å². The lowest BCUT2D eigenvalue weighted by Crippen LogP contribution is -2.33. The van der Waals surface area contributed by atoms with Crippen molar-refractivity contribution in [3.8, 4) is 11.1 Å². The standard InChI is InChI=1S/C28H33F2N3OS/c1-3-5-15-33-16-13-20(14-17-33)27-32-25(19-35-27)26(34)31-24-12-7-6-11-23(24)21-9-8-10-22(18-21)28(29,30)4-2/h6-12,18-20H,3-5,13-17H2,1-2H3,(H,31,34). The Hall–Kier alpha value is -2.64. The lowest BCUT2D eigenvalue weighted by atomic mass is 9.97. The molecule has 0 bridgehead atoms. The summed E-state index contributed by atoms with van der Waals surface area (Å²) in [7, 11) is 0. The van der Waals surface area contributed by atoms with E-state index in [1.807, 2.05) is 23.6 Å². The number of anilines is 1. The Labute approximate surface area is 210 Å². The van der Waals surface area contributed by atoms with Gasteiger partial charge in [-0.15, -0.1) is 11.3 Å². The zero-order chi connectivity index (χ0) is 24.8. The zero-order valence-corrected chi connectivity index (χ0v) is 21.2. The fourth-order valence-corrected chi connectivity index (χ4v) is 5.48. The smallest absolute Gasteiger partial charge is 0.275 e. The number of unbranched alkanes of at least 4 members (excludes halogenated alkanes) is 1. The molecule has 3 aromatic rings. The Morgan fingerprint density at radius 3 is 2.66 bits per heavy atom. The summed E-state index contributed by atoms with van der Waals surface area (Å²) in [6.45, 7) is 7.01. The van der Waals surface area contributed by atoms with Gasteiger partial charge in [0, 0.05) is 34.5 Å². The first-order valence-corrected chi connectivity index (χ1v) is 13.4. The molecule has 4 rings (SSSR count). The van der Waals surface area contributed by atoms with E-state index in [1.165, 1.54) is 31.9 Å². The number of nitrogens with one attached hydrogen (secondary N) is 1. The van der Waals surface area contributed by atoms with Crippen molar-refractivity contribution in [3.05, 3.63) is 70.2 Å². The second-order valence-electron chi connectivity index (χ2n) is 9.18. The van der Waals surface area contributed by atoms with Crippen LogP contribution in [0.2, 0.25) is 0 Å². The number of alkyl halides is 2. The zero-order valence-electron chi connectivity index (χ0n) is 20.4. The van der Waals surface area contributed by atoms with Crippen molar-refractivity contribution in [1.29, 1.82) is 0 Å². The molecule has 1 saturated heterocycles. The largest absolute Gasteiger partial charge is 0.320 e. The highest BCUT2D eigenvalue weighted by molar-refractivity contribution is 7.10. The molecule has 1 aromatic heterocycles. The molecule has 7 heteroatoms. The number of hydrogen-bond acceptors (Lipinski definition) is 4. The van der Waals surface area contributed by atoms with Gasteiger partial charge < -0.3 is 10.2 Å². The maximum Gasteiger partial charge on any atom is 0.275 e. The molecule has 0 radical (unpaired) electrons. The number of benzene rings is 2. The summed E-state index contributed by atoms with van der Waals surface area (Å²) in [6.07, 6.45) is 4.32. The van der Waals surface area contributed by atoms with Crippen LogP contribution in [0.5, 0.6) is 0 Å². The van der Waals surface area contributed by atoms with Gasteiger partial charge in [-0.2, -0.15) is 0 Å². The Morgan fingerprint density at radius 2 is 1.91 bits per heavy atom. The highest BCUT2D eigenvalue weighted by atomic mass is 32.1. The van der Waals surface area contributed by atoms with Crippen LogP contribution >= 0.6 is 11.3 Å². The molecule has 4 nitrogen and oxygen atoms in total. The molecule has 2 heterocycles. The van der Waals surface area contributed by atoms with Crippen LogP contribution in [0.15, 0.2) is 53.9 Å². The van der Waals surface area contributed by atoms with Crippen molar-refractivity contribution in [2.45, 2.75) is 57.8 Å². The Kier molecular flexibility index (Phi) is 8.29. The van der Waals surface area contributed by atoms with Gasteiger partial charge in [-0.05, 0) is 56.6 Å². The molecule has 35 heavy (non-hydrogen) atoms. The molecule has 1 aliphatic rings. The molecule has 0 aliphatic carbocycles. The first kappa shape index (κ1) is 25.5. The number of thiazole rings is 1. The predicted molar refractivity (Wildman–Crippen MR) is 139 cm³/mol. The van der Waals surface area contributed by atoms with Gasteiger partial charge in [-0.3, -0.25) is 4.79 Å². The number of piperidine rings is 1. The maximum absolute atomic E-state index is 14.3. The van der Waals surface area contributed by atoms with Gasteiger partial charge in [0.25, 0.3) is 11.8 Å². The van der Waals surface area contributed by atoms with Gasteiger partial charge in [-0.1, -0.05) is 56.7 Å². The highest BCUT2D eigenvalue weighted by Gasteiger charge is 2.29. The van der Waals surface area contributed by atoms with Gasteiger partial charge in [0.15, 0.2) is 0 Å². The lowest BCUT2D eigenvalue weighted by Gasteiger charge is -2.30. The molecular weight excluding hydrogens is 464 g/mol. The highest BCUT2D eigenvalue weighted by Crippen LogP contribution is 2.36. The predicted octanol–water partition coefficient (Wildman–Crippen LogP) is 7.54. The van der Waals surface area contributed by atoms with E-state index in [0.29, 0.717) is 28.4 Å². The number of aromatic nitrogens is 1. The summed E-state index contributed by atoms with van der Waals surface area (Å²) < 4.78 is 28.5. The third-order valence-corrected chi connectivity index (χ3v) is 7.74. The van der Waals surface area contributed by atoms with Crippen LogP contribution in [0.3, 0.4) is 0 Å². The second-order valence-corrected chi connectivity index (χ2v) is 10.1. The van der Waals surface area contributed by atoms with Crippen molar-refractivity contribution in [1.82, 2.24) is 9.88 Å². The number of nitrogens with zero attached hydrogens (tertiary/aromatic N) is 2. The van der Waals surface area contributed by atoms with Gasteiger partial charge in [-0.25, -0.2) is 13.8 Å². The molecule has 1 fully saturated rings. The minimum Gasteiger partial charge on any atom is -0.320 e. The summed E-state index contributed by atoms with van der Waals surface area (Å²) in [5.74, 6) is -2.78. The molecule has 1 aliphatic heterocycles. The van der Waals surface area contributed by atoms with E-state index in [4.69, 9.17) is 0 Å². The number of carbonyl (C=O) groups excluding carboxylic acids is 1. The van der Waals surface area contributed by atoms with Crippen LogP contribution in [0, 0.1) is 0 Å². The van der Waals surface area contributed by atoms with E-state index in [-0.39, 0.29) is 17.9 Å². The first-order chi connectivity index (χ1) is 16.9. The summed E-state index contributed by atoms with van der Waals surface area (Å²) >= 11 is 1.55. The van der Waals surface area contributed by atoms with Gasteiger partial charge >= 0.3 is 0 Å². The average molecular weight is 498 g/mol. The monoisotopic (exact) mass is 497 g/mol. The quantitative estimate of drug-likeness (QED) is 0.332. The van der Waals surface area contributed by atoms with E-state index < -0.39 is 5.92 Å². The Morgan fingerprint density at radius 1 is 1.14 bits per heavy atom. The van der Waals surface area contributed by atoms with Crippen LogP contribution in [0.25, 0.3) is 11.1 Å². The molecule has 1 N–H and O–H groups in total. The van der Waals surface area contributed by atoms with Crippen LogP contribution in [-0.2, 0) is 5.92 Å². The van der Waals surface area contributed by atoms with Crippen LogP contribution in [0.1, 0.15) is 72.9 Å². The third-order valence-electron chi connectivity index (χ3n) is 6.73. The fraction of sp³-hybridized carbons (Fsp3) is 0.429. The molecule has 1 amide bonds. The van der Waals surface area contributed by atoms with E-state index in [9.17, 15) is 13.6 Å². The maximum atomic E-state index is 14.3. The average Bonchev–Trinajstić information content (AvgIpc) is 3.39. The number of carbonyl (C=O) groups is 1. The first-order valence-electron chi connectivity index (χ1n) is 12.5. The molecule has 0 unspecified atom stereocenters. The number of likely N-dealkylation sites (tertiary alicyclic amines) is 1. The van der Waals surface area contributed by atoms with E-state index >= 15 is 0 Å². The Bertz CT molecular complexity index is 1140. The number of hydrogen-bond donors (Lipinski definition) is 1. The minimum atomic E-state index is -2.89. The van der Waals surface area contributed by atoms with Crippen LogP contribution in [0.4, 0.5) is 14.5 Å². The molecule has 0 saturated carbocycles. The van der Waals surface area contributed by atoms with Crippen LogP contribution < -0.4 is 5.32 Å². The van der Waals surface area contributed by atoms with Crippen molar-refractivity contribution >= 4 is 22.9 Å². The van der Waals surface area contributed by atoms with Crippen LogP contribution in [-0.4, -0.2) is 35.4 Å². The van der Waals surface area contributed by atoms with Gasteiger partial charge in [0.1, 0.15) is 5.69 Å². The van der Waals surface area contributed by atoms with Crippen molar-refractivity contribution < 1.29 is 13.6 Å². The minimum absolute atomic E-state index is 0.0245. The number of halogens is 2. The topological polar surface area (TPSA) is 45.2 Å². The fourth-order valence-electron chi connectivity index (χ4n) is 4.51. The molecule has 186 valence electrons. The third kappa shape index (κ3) is 6.14. The van der Waals surface area contributed by atoms with Crippen molar-refractivity contribution in [3.63, 3.8) is 0 Å². The molecular formula is C28H33F2N3OS. The van der Waals surface area contributed by atoms with Crippen molar-refractivity contribution in [2.24, 2.45) is 0 Å². The lowest BCUT2D eigenvalue weighted by molar-refractivity contribution is -0.00824. The van der Waals surface area contributed by atoms with Gasteiger partial charge in [0.2, 0.25) is 0 Å². The number of rotatable bonds is 9. The molecule has 0 atom stereocenters. The van der Waals surface area contributed by atoms with E-state index in [1.54, 1.807) is 29.5 Å². The number of para-hydroxylation sites is 1. The summed E-state index contributed by atoms with van der Waals surface area (Å²) in [6, 6.07) is 13.6. The SMILES string of the molecule is CCCCN1CCC(c2nc(C(=O)Nc3ccccc3-c3cccc(C(F)(F)CC)c3)cs2)CC1. The van der Waals surface area contributed by atoms with E-state index in [0.717, 1.165) is 37.5 Å². The summed E-state index contributed by atoms with van der Waals surface area (Å²) in [5, 5.41) is 5.79. The normalized spacial score (nSPS) is 15.3. The summed E-state index contributed by atoms with van der Waals surface area (Å²) in [5.41, 5.74) is 2.29.